The van der Waals surface area contributed by atoms with Gasteiger partial charge in [0.25, 0.3) is 0 Å². The van der Waals surface area contributed by atoms with E-state index in [1.165, 1.54) is 32.2 Å². The molecular weight excluding hydrogens is 200 g/mol. The summed E-state index contributed by atoms with van der Waals surface area (Å²) in [6, 6.07) is 2.59. The van der Waals surface area contributed by atoms with Crippen molar-refractivity contribution in [2.24, 2.45) is 0 Å². The van der Waals surface area contributed by atoms with Crippen molar-refractivity contribution in [2.45, 2.75) is 38.3 Å². The van der Waals surface area contributed by atoms with Gasteiger partial charge in [-0.3, -0.25) is 4.79 Å². The molecule has 1 saturated heterocycles. The minimum atomic E-state index is 0.718. The van der Waals surface area contributed by atoms with Crippen molar-refractivity contribution in [2.75, 3.05) is 13.6 Å². The van der Waals surface area contributed by atoms with Gasteiger partial charge in [-0.25, -0.2) is 0 Å². The molecule has 1 aliphatic rings. The molecule has 0 aliphatic carbocycles. The van der Waals surface area contributed by atoms with Gasteiger partial charge in [-0.15, -0.1) is 0 Å². The smallest absolute Gasteiger partial charge is 0.151 e. The number of carbonyl (C=O) groups is 1. The average molecular weight is 220 g/mol. The molecule has 1 aromatic heterocycles. The van der Waals surface area contributed by atoms with Gasteiger partial charge in [0.15, 0.2) is 6.29 Å². The number of hydrogen-bond donors (Lipinski definition) is 0. The molecular formula is C13H20N2O. The summed E-state index contributed by atoms with van der Waals surface area (Å²) in [4.78, 5) is 13.0. The Labute approximate surface area is 97.1 Å². The number of piperidine rings is 1. The number of nitrogens with zero attached hydrogens (tertiary/aromatic N) is 2. The zero-order valence-electron chi connectivity index (χ0n) is 9.93. The Hall–Kier alpha value is -1.09. The van der Waals surface area contributed by atoms with Crippen LogP contribution in [0.25, 0.3) is 0 Å². The van der Waals surface area contributed by atoms with Crippen molar-refractivity contribution in [3.05, 3.63) is 24.0 Å². The average Bonchev–Trinajstić information content (AvgIpc) is 2.76. The van der Waals surface area contributed by atoms with Crippen LogP contribution >= 0.6 is 0 Å². The highest BCUT2D eigenvalue weighted by Gasteiger charge is 2.18. The van der Waals surface area contributed by atoms with Crippen LogP contribution < -0.4 is 0 Å². The predicted molar refractivity (Wildman–Crippen MR) is 64.7 cm³/mol. The third-order valence-corrected chi connectivity index (χ3v) is 3.55. The molecule has 1 aromatic rings. The van der Waals surface area contributed by atoms with Gasteiger partial charge < -0.3 is 9.47 Å². The lowest BCUT2D eigenvalue weighted by Crippen LogP contribution is -2.36. The van der Waals surface area contributed by atoms with Gasteiger partial charge >= 0.3 is 0 Å². The Morgan fingerprint density at radius 2 is 2.38 bits per heavy atom. The van der Waals surface area contributed by atoms with E-state index in [1.807, 2.05) is 18.5 Å². The normalized spacial score (nSPS) is 22.2. The first kappa shape index (κ1) is 11.4. The minimum Gasteiger partial charge on any atom is -0.353 e. The third kappa shape index (κ3) is 2.73. The van der Waals surface area contributed by atoms with Crippen LogP contribution in [-0.2, 0) is 6.54 Å². The molecule has 0 aromatic carbocycles. The highest BCUT2D eigenvalue weighted by atomic mass is 16.1. The van der Waals surface area contributed by atoms with Gasteiger partial charge in [0.2, 0.25) is 0 Å². The number of carbonyl (C=O) groups excluding carboxylic acids is 1. The molecule has 0 radical (unpaired) electrons. The third-order valence-electron chi connectivity index (χ3n) is 3.55. The second-order valence-corrected chi connectivity index (χ2v) is 4.72. The molecule has 3 heteroatoms. The topological polar surface area (TPSA) is 25.2 Å². The Morgan fingerprint density at radius 1 is 1.50 bits per heavy atom. The van der Waals surface area contributed by atoms with E-state index in [0.717, 1.165) is 24.4 Å². The SMILES string of the molecule is CN1CCCCC1CCn1ccc(C=O)c1. The molecule has 0 N–H and O–H groups in total. The quantitative estimate of drug-likeness (QED) is 0.727. The van der Waals surface area contributed by atoms with Crippen molar-refractivity contribution in [3.8, 4) is 0 Å². The zero-order valence-corrected chi connectivity index (χ0v) is 9.93. The lowest BCUT2D eigenvalue weighted by molar-refractivity contribution is 0.112. The molecule has 1 atom stereocenters. The molecule has 0 spiro atoms. The molecule has 0 saturated carbocycles. The van der Waals surface area contributed by atoms with Crippen LogP contribution in [0.5, 0.6) is 0 Å². The minimum absolute atomic E-state index is 0.718. The van der Waals surface area contributed by atoms with Gasteiger partial charge in [0, 0.05) is 30.5 Å². The molecule has 88 valence electrons. The fourth-order valence-corrected chi connectivity index (χ4v) is 2.48. The Morgan fingerprint density at radius 3 is 3.06 bits per heavy atom. The standard InChI is InChI=1S/C13H20N2O/c1-14-7-3-2-4-13(14)6-9-15-8-5-12(10-15)11-16/h5,8,10-11,13H,2-4,6-7,9H2,1H3. The number of hydrogen-bond acceptors (Lipinski definition) is 2. The van der Waals surface area contributed by atoms with E-state index in [9.17, 15) is 4.79 Å². The van der Waals surface area contributed by atoms with Gasteiger partial charge in [-0.1, -0.05) is 6.42 Å². The molecule has 1 fully saturated rings. The summed E-state index contributed by atoms with van der Waals surface area (Å²) < 4.78 is 2.12. The fraction of sp³-hybridized carbons (Fsp3) is 0.615. The van der Waals surface area contributed by atoms with E-state index in [-0.39, 0.29) is 0 Å². The summed E-state index contributed by atoms with van der Waals surface area (Å²) in [6.07, 6.45) is 10.0. The van der Waals surface area contributed by atoms with Crippen LogP contribution in [0, 0.1) is 0 Å². The summed E-state index contributed by atoms with van der Waals surface area (Å²) in [5.74, 6) is 0. The summed E-state index contributed by atoms with van der Waals surface area (Å²) in [5.41, 5.74) is 0.775. The molecule has 2 rings (SSSR count). The summed E-state index contributed by atoms with van der Waals surface area (Å²) in [7, 11) is 2.22. The van der Waals surface area contributed by atoms with E-state index < -0.39 is 0 Å². The first-order chi connectivity index (χ1) is 7.79. The van der Waals surface area contributed by atoms with Crippen molar-refractivity contribution in [1.29, 1.82) is 0 Å². The second-order valence-electron chi connectivity index (χ2n) is 4.72. The predicted octanol–water partition coefficient (Wildman–Crippen LogP) is 2.17. The van der Waals surface area contributed by atoms with Gasteiger partial charge in [-0.05, 0) is 38.9 Å². The van der Waals surface area contributed by atoms with Crippen LogP contribution in [-0.4, -0.2) is 35.4 Å². The maximum Gasteiger partial charge on any atom is 0.151 e. The van der Waals surface area contributed by atoms with E-state index in [2.05, 4.69) is 16.5 Å². The molecule has 16 heavy (non-hydrogen) atoms. The summed E-state index contributed by atoms with van der Waals surface area (Å²) in [6.45, 7) is 2.25. The zero-order chi connectivity index (χ0) is 11.4. The summed E-state index contributed by atoms with van der Waals surface area (Å²) in [5, 5.41) is 0. The van der Waals surface area contributed by atoms with Gasteiger partial charge in [-0.2, -0.15) is 0 Å². The van der Waals surface area contributed by atoms with Crippen LogP contribution in [0.1, 0.15) is 36.0 Å². The number of aryl methyl sites for hydroxylation is 1. The largest absolute Gasteiger partial charge is 0.353 e. The number of likely N-dealkylation sites (tertiary alicyclic amines) is 1. The Kier molecular flexibility index (Phi) is 3.78. The van der Waals surface area contributed by atoms with Crippen molar-refractivity contribution < 1.29 is 4.79 Å². The highest BCUT2D eigenvalue weighted by molar-refractivity contribution is 5.74. The molecule has 3 nitrogen and oxygen atoms in total. The van der Waals surface area contributed by atoms with Crippen molar-refractivity contribution in [3.63, 3.8) is 0 Å². The molecule has 0 amide bonds. The number of aldehydes is 1. The van der Waals surface area contributed by atoms with Crippen molar-refractivity contribution in [1.82, 2.24) is 9.47 Å². The highest BCUT2D eigenvalue weighted by Crippen LogP contribution is 2.18. The van der Waals surface area contributed by atoms with Gasteiger partial charge in [0.05, 0.1) is 0 Å². The van der Waals surface area contributed by atoms with Crippen LogP contribution in [0.15, 0.2) is 18.5 Å². The van der Waals surface area contributed by atoms with E-state index >= 15 is 0 Å². The molecule has 2 heterocycles. The van der Waals surface area contributed by atoms with Gasteiger partial charge in [0.1, 0.15) is 0 Å². The van der Waals surface area contributed by atoms with E-state index in [4.69, 9.17) is 0 Å². The van der Waals surface area contributed by atoms with Crippen molar-refractivity contribution >= 4 is 6.29 Å². The maximum absolute atomic E-state index is 10.6. The molecule has 1 aliphatic heterocycles. The first-order valence-electron chi connectivity index (χ1n) is 6.11. The monoisotopic (exact) mass is 220 g/mol. The fourth-order valence-electron chi connectivity index (χ4n) is 2.48. The molecule has 1 unspecified atom stereocenters. The maximum atomic E-state index is 10.6. The van der Waals surface area contributed by atoms with E-state index in [1.54, 1.807) is 0 Å². The first-order valence-corrected chi connectivity index (χ1v) is 6.11. The second kappa shape index (κ2) is 5.30. The number of rotatable bonds is 4. The lowest BCUT2D eigenvalue weighted by Gasteiger charge is -2.32. The molecule has 0 bridgehead atoms. The Balaban J connectivity index is 1.83. The van der Waals surface area contributed by atoms with E-state index in [0.29, 0.717) is 0 Å². The Bertz CT molecular complexity index is 345. The van der Waals surface area contributed by atoms with Crippen LogP contribution in [0.2, 0.25) is 0 Å². The lowest BCUT2D eigenvalue weighted by atomic mass is 10.0. The van der Waals surface area contributed by atoms with Crippen LogP contribution in [0.4, 0.5) is 0 Å². The number of aromatic nitrogens is 1. The summed E-state index contributed by atoms with van der Waals surface area (Å²) >= 11 is 0. The van der Waals surface area contributed by atoms with Crippen LogP contribution in [0.3, 0.4) is 0 Å².